The fraction of sp³-hybridized carbons (Fsp3) is 0. The Morgan fingerprint density at radius 2 is 1.93 bits per heavy atom. The third-order valence-electron chi connectivity index (χ3n) is 2.17. The van der Waals surface area contributed by atoms with Crippen LogP contribution in [0.2, 0.25) is 0 Å². The van der Waals surface area contributed by atoms with Crippen molar-refractivity contribution in [2.75, 3.05) is 0 Å². The zero-order valence-corrected chi connectivity index (χ0v) is 7.53. The fourth-order valence-electron chi connectivity index (χ4n) is 1.51. The lowest BCUT2D eigenvalue weighted by Crippen LogP contribution is -2.12. The number of tetrazole rings is 1. The van der Waals surface area contributed by atoms with E-state index in [1.54, 1.807) is 12.1 Å². The number of amides is 1. The van der Waals surface area contributed by atoms with Crippen molar-refractivity contribution in [1.29, 1.82) is 0 Å². The highest BCUT2D eigenvalue weighted by Gasteiger charge is 2.24. The molecule has 0 saturated carbocycles. The first-order chi connectivity index (χ1) is 7.36. The molecule has 1 aromatic heterocycles. The first-order valence-electron chi connectivity index (χ1n) is 4.32. The normalized spacial score (nSPS) is 13.9. The number of carbonyl (C=O) groups excluding carboxylic acids is 1. The summed E-state index contributed by atoms with van der Waals surface area (Å²) in [5.74, 6) is 0.219. The summed E-state index contributed by atoms with van der Waals surface area (Å²) >= 11 is 0. The van der Waals surface area contributed by atoms with Crippen LogP contribution in [-0.4, -0.2) is 32.0 Å². The predicted molar refractivity (Wildman–Crippen MR) is 50.5 cm³/mol. The maximum Gasteiger partial charge on any atom is 0.279 e. The van der Waals surface area contributed by atoms with Gasteiger partial charge in [-0.3, -0.25) is 4.79 Å². The van der Waals surface area contributed by atoms with E-state index in [1.165, 1.54) is 11.0 Å². The first-order valence-corrected chi connectivity index (χ1v) is 4.32. The molecule has 1 aliphatic rings. The van der Waals surface area contributed by atoms with Crippen LogP contribution in [0.15, 0.2) is 35.6 Å². The number of aromatic nitrogens is 4. The van der Waals surface area contributed by atoms with Gasteiger partial charge in [0.1, 0.15) is 6.33 Å². The van der Waals surface area contributed by atoms with E-state index < -0.39 is 0 Å². The molecule has 0 aliphatic carbocycles. The Kier molecular flexibility index (Phi) is 1.49. The molecule has 1 amide bonds. The Morgan fingerprint density at radius 3 is 2.67 bits per heavy atom. The van der Waals surface area contributed by atoms with Crippen LogP contribution in [0.1, 0.15) is 15.9 Å². The molecular formula is C9H5N5O. The van der Waals surface area contributed by atoms with Crippen LogP contribution >= 0.6 is 0 Å². The Balaban J connectivity index is 2.22. The van der Waals surface area contributed by atoms with E-state index in [0.29, 0.717) is 11.4 Å². The first kappa shape index (κ1) is 7.98. The molecule has 0 unspecified atom stereocenters. The predicted octanol–water partition coefficient (Wildman–Crippen LogP) is 0.122. The van der Waals surface area contributed by atoms with Gasteiger partial charge in [-0.15, -0.1) is 5.10 Å². The minimum absolute atomic E-state index is 0.254. The van der Waals surface area contributed by atoms with Gasteiger partial charge in [-0.2, -0.15) is 9.67 Å². The maximum atomic E-state index is 11.5. The molecule has 2 heterocycles. The summed E-state index contributed by atoms with van der Waals surface area (Å²) in [6.45, 7) is 0. The van der Waals surface area contributed by atoms with E-state index >= 15 is 0 Å². The van der Waals surface area contributed by atoms with Crippen LogP contribution in [0.5, 0.6) is 0 Å². The molecule has 6 heteroatoms. The van der Waals surface area contributed by atoms with Crippen LogP contribution in [0.4, 0.5) is 0 Å². The van der Waals surface area contributed by atoms with Crippen molar-refractivity contribution in [1.82, 2.24) is 20.2 Å². The van der Waals surface area contributed by atoms with E-state index in [9.17, 15) is 4.79 Å². The molecule has 0 fully saturated rings. The lowest BCUT2D eigenvalue weighted by Gasteiger charge is -1.98. The van der Waals surface area contributed by atoms with Gasteiger partial charge >= 0.3 is 0 Å². The van der Waals surface area contributed by atoms with E-state index in [1.807, 2.05) is 12.1 Å². The Morgan fingerprint density at radius 1 is 1.13 bits per heavy atom. The molecule has 0 radical (unpaired) electrons. The lowest BCUT2D eigenvalue weighted by atomic mass is 10.1. The Hall–Kier alpha value is -2.37. The second-order valence-corrected chi connectivity index (χ2v) is 3.04. The molecule has 0 N–H and O–H groups in total. The van der Waals surface area contributed by atoms with E-state index in [-0.39, 0.29) is 5.91 Å². The Bertz CT molecular complexity index is 558. The number of hydrogen-bond donors (Lipinski definition) is 0. The number of hydrogen-bond acceptors (Lipinski definition) is 4. The van der Waals surface area contributed by atoms with Gasteiger partial charge in [0, 0.05) is 5.56 Å². The van der Waals surface area contributed by atoms with E-state index in [2.05, 4.69) is 20.5 Å². The lowest BCUT2D eigenvalue weighted by molar-refractivity contribution is 0.101. The monoisotopic (exact) mass is 199 g/mol. The highest BCUT2D eigenvalue weighted by atomic mass is 16.1. The van der Waals surface area contributed by atoms with Crippen molar-refractivity contribution in [2.24, 2.45) is 4.99 Å². The van der Waals surface area contributed by atoms with Crippen LogP contribution < -0.4 is 0 Å². The van der Waals surface area contributed by atoms with Crippen molar-refractivity contribution in [2.45, 2.75) is 0 Å². The minimum atomic E-state index is -0.254. The summed E-state index contributed by atoms with van der Waals surface area (Å²) in [6.07, 6.45) is 1.41. The van der Waals surface area contributed by atoms with Crippen LogP contribution in [0.3, 0.4) is 0 Å². The summed E-state index contributed by atoms with van der Waals surface area (Å²) < 4.78 is 1.38. The highest BCUT2D eigenvalue weighted by molar-refractivity contribution is 6.20. The van der Waals surface area contributed by atoms with Gasteiger partial charge in [-0.1, -0.05) is 18.2 Å². The molecule has 0 spiro atoms. The van der Waals surface area contributed by atoms with Gasteiger partial charge in [-0.05, 0) is 16.5 Å². The smallest absolute Gasteiger partial charge is 0.267 e. The third kappa shape index (κ3) is 1.08. The van der Waals surface area contributed by atoms with Crippen molar-refractivity contribution >= 4 is 11.7 Å². The van der Waals surface area contributed by atoms with Gasteiger partial charge in [0.05, 0.1) is 5.56 Å². The summed E-state index contributed by atoms with van der Waals surface area (Å²) in [7, 11) is 0. The number of rotatable bonds is 0. The van der Waals surface area contributed by atoms with Crippen LogP contribution in [-0.2, 0) is 0 Å². The van der Waals surface area contributed by atoms with Gasteiger partial charge in [0.2, 0.25) is 0 Å². The van der Waals surface area contributed by atoms with Crippen molar-refractivity contribution in [3.63, 3.8) is 0 Å². The van der Waals surface area contributed by atoms with Crippen LogP contribution in [0, 0.1) is 0 Å². The second-order valence-electron chi connectivity index (χ2n) is 3.04. The molecule has 3 rings (SSSR count). The summed E-state index contributed by atoms with van der Waals surface area (Å²) in [6, 6.07) is 7.20. The summed E-state index contributed by atoms with van der Waals surface area (Å²) in [5.41, 5.74) is 1.35. The molecular weight excluding hydrogens is 194 g/mol. The van der Waals surface area contributed by atoms with Gasteiger partial charge in [-0.25, -0.2) is 0 Å². The average Bonchev–Trinajstić information content (AvgIpc) is 2.87. The van der Waals surface area contributed by atoms with E-state index in [4.69, 9.17) is 0 Å². The SMILES string of the molecule is O=C1N=C(n2cnnn2)c2ccccc21. The second kappa shape index (κ2) is 2.81. The van der Waals surface area contributed by atoms with Crippen molar-refractivity contribution in [3.05, 3.63) is 41.7 Å². The van der Waals surface area contributed by atoms with E-state index in [0.717, 1.165) is 5.56 Å². The van der Waals surface area contributed by atoms with Gasteiger partial charge < -0.3 is 0 Å². The molecule has 1 aliphatic heterocycles. The number of nitrogens with zero attached hydrogens (tertiary/aromatic N) is 5. The highest BCUT2D eigenvalue weighted by Crippen LogP contribution is 2.18. The van der Waals surface area contributed by atoms with Gasteiger partial charge in [0.25, 0.3) is 5.91 Å². The molecule has 6 nitrogen and oxygen atoms in total. The quantitative estimate of drug-likeness (QED) is 0.604. The topological polar surface area (TPSA) is 73.0 Å². The summed E-state index contributed by atoms with van der Waals surface area (Å²) in [4.78, 5) is 15.4. The Labute approximate surface area is 84.3 Å². The fourth-order valence-corrected chi connectivity index (χ4v) is 1.51. The number of aliphatic imine (C=N–C) groups is 1. The maximum absolute atomic E-state index is 11.5. The van der Waals surface area contributed by atoms with Crippen molar-refractivity contribution in [3.8, 4) is 0 Å². The largest absolute Gasteiger partial charge is 0.279 e. The van der Waals surface area contributed by atoms with Crippen molar-refractivity contribution < 1.29 is 4.79 Å². The molecule has 0 bridgehead atoms. The standard InChI is InChI=1S/C9H5N5O/c15-9-7-4-2-1-3-6(7)8(11-9)14-5-10-12-13-14/h1-5H. The van der Waals surface area contributed by atoms with Crippen LogP contribution in [0.25, 0.3) is 0 Å². The molecule has 15 heavy (non-hydrogen) atoms. The number of benzene rings is 1. The molecule has 0 saturated heterocycles. The molecule has 1 aromatic carbocycles. The minimum Gasteiger partial charge on any atom is -0.267 e. The summed E-state index contributed by atoms with van der Waals surface area (Å²) in [5, 5.41) is 10.7. The third-order valence-corrected chi connectivity index (χ3v) is 2.17. The molecule has 0 atom stereocenters. The number of fused-ring (bicyclic) bond motifs is 1. The molecule has 72 valence electrons. The van der Waals surface area contributed by atoms with Gasteiger partial charge in [0.15, 0.2) is 5.84 Å². The number of carbonyl (C=O) groups is 1. The average molecular weight is 199 g/mol. The zero-order valence-electron chi connectivity index (χ0n) is 7.53. The zero-order chi connectivity index (χ0) is 10.3. The molecule has 2 aromatic rings.